The van der Waals surface area contributed by atoms with Crippen molar-refractivity contribution >= 4 is 0 Å². The molecule has 3 atom stereocenters. The Morgan fingerprint density at radius 1 is 1.10 bits per heavy atom. The first-order valence-corrected chi connectivity index (χ1v) is 6.73. The summed E-state index contributed by atoms with van der Waals surface area (Å²) in [6.07, 6.45) is -3.62. The van der Waals surface area contributed by atoms with Crippen LogP contribution in [0.1, 0.15) is 35.3 Å². The third-order valence-corrected chi connectivity index (χ3v) is 3.89. The summed E-state index contributed by atoms with van der Waals surface area (Å²) in [5, 5.41) is 10.2. The molecule has 0 bridgehead atoms. The summed E-state index contributed by atoms with van der Waals surface area (Å²) in [6, 6.07) is 12.0. The number of halogens is 3. The minimum atomic E-state index is -4.40. The molecule has 2 aromatic rings. The lowest BCUT2D eigenvalue weighted by Crippen LogP contribution is -2.08. The van der Waals surface area contributed by atoms with Crippen LogP contribution >= 0.6 is 0 Å². The Hall–Kier alpha value is -1.88. The quantitative estimate of drug-likeness (QED) is 0.930. The van der Waals surface area contributed by atoms with E-state index < -0.39 is 17.8 Å². The van der Waals surface area contributed by atoms with Crippen LogP contribution in [0.2, 0.25) is 0 Å². The molecule has 1 aromatic carbocycles. The highest BCUT2D eigenvalue weighted by molar-refractivity contribution is 5.28. The van der Waals surface area contributed by atoms with Crippen LogP contribution in [-0.2, 0) is 6.18 Å². The van der Waals surface area contributed by atoms with Gasteiger partial charge in [0.15, 0.2) is 0 Å². The molecular formula is C16H14F3NO. The van der Waals surface area contributed by atoms with Crippen LogP contribution in [0.4, 0.5) is 13.2 Å². The van der Waals surface area contributed by atoms with E-state index in [4.69, 9.17) is 0 Å². The molecule has 0 spiro atoms. The molecular weight excluding hydrogens is 279 g/mol. The number of nitrogens with zero attached hydrogens (tertiary/aromatic N) is 1. The van der Waals surface area contributed by atoms with Crippen molar-refractivity contribution in [1.82, 2.24) is 4.98 Å². The summed E-state index contributed by atoms with van der Waals surface area (Å²) in [5.41, 5.74) is 0.647. The Kier molecular flexibility index (Phi) is 3.45. The number of hydrogen-bond acceptors (Lipinski definition) is 2. The molecule has 21 heavy (non-hydrogen) atoms. The molecule has 1 heterocycles. The van der Waals surface area contributed by atoms with Gasteiger partial charge in [-0.05, 0) is 36.0 Å². The minimum Gasteiger partial charge on any atom is -0.386 e. The number of alkyl halides is 3. The number of aliphatic hydroxyl groups excluding tert-OH is 1. The van der Waals surface area contributed by atoms with Gasteiger partial charge in [-0.25, -0.2) is 0 Å². The number of aliphatic hydroxyl groups is 1. The predicted octanol–water partition coefficient (Wildman–Crippen LogP) is 3.94. The van der Waals surface area contributed by atoms with Crippen LogP contribution in [0, 0.1) is 5.92 Å². The number of aromatic nitrogens is 1. The van der Waals surface area contributed by atoms with Gasteiger partial charge in [0.1, 0.15) is 0 Å². The van der Waals surface area contributed by atoms with Crippen molar-refractivity contribution in [1.29, 1.82) is 0 Å². The molecule has 1 N–H and O–H groups in total. The van der Waals surface area contributed by atoms with Crippen molar-refractivity contribution in [3.63, 3.8) is 0 Å². The van der Waals surface area contributed by atoms with Gasteiger partial charge in [-0.3, -0.25) is 4.98 Å². The highest BCUT2D eigenvalue weighted by Gasteiger charge is 2.44. The molecule has 1 aliphatic carbocycles. The van der Waals surface area contributed by atoms with E-state index in [0.717, 1.165) is 24.2 Å². The Morgan fingerprint density at radius 3 is 2.38 bits per heavy atom. The molecule has 3 rings (SSSR count). The molecule has 1 fully saturated rings. The molecule has 0 saturated heterocycles. The van der Waals surface area contributed by atoms with Crippen LogP contribution < -0.4 is 0 Å². The van der Waals surface area contributed by atoms with Gasteiger partial charge in [0, 0.05) is 6.20 Å². The molecule has 110 valence electrons. The first-order chi connectivity index (χ1) is 9.97. The fraction of sp³-hybridized carbons (Fsp3) is 0.312. The monoisotopic (exact) mass is 293 g/mol. The second-order valence-electron chi connectivity index (χ2n) is 5.33. The third kappa shape index (κ3) is 2.93. The van der Waals surface area contributed by atoms with Gasteiger partial charge in [0.2, 0.25) is 0 Å². The van der Waals surface area contributed by atoms with Gasteiger partial charge in [0.05, 0.1) is 17.4 Å². The normalized spacial score (nSPS) is 22.9. The van der Waals surface area contributed by atoms with Crippen LogP contribution in [0.5, 0.6) is 0 Å². The maximum atomic E-state index is 12.5. The largest absolute Gasteiger partial charge is 0.417 e. The van der Waals surface area contributed by atoms with Gasteiger partial charge >= 0.3 is 6.18 Å². The van der Waals surface area contributed by atoms with E-state index >= 15 is 0 Å². The van der Waals surface area contributed by atoms with E-state index in [0.29, 0.717) is 5.69 Å². The number of hydrogen-bond donors (Lipinski definition) is 1. The lowest BCUT2D eigenvalue weighted by Gasteiger charge is -2.12. The van der Waals surface area contributed by atoms with Crippen molar-refractivity contribution in [2.45, 2.75) is 24.6 Å². The molecule has 3 unspecified atom stereocenters. The molecule has 5 heteroatoms. The molecule has 2 nitrogen and oxygen atoms in total. The molecule has 1 saturated carbocycles. The van der Waals surface area contributed by atoms with Crippen LogP contribution in [0.15, 0.2) is 48.7 Å². The lowest BCUT2D eigenvalue weighted by atomic mass is 10.0. The predicted molar refractivity (Wildman–Crippen MR) is 71.5 cm³/mol. The average Bonchev–Trinajstić information content (AvgIpc) is 3.27. The Labute approximate surface area is 120 Å². The number of rotatable bonds is 3. The first-order valence-electron chi connectivity index (χ1n) is 6.73. The second-order valence-corrected chi connectivity index (χ2v) is 5.33. The second kappa shape index (κ2) is 5.15. The van der Waals surface area contributed by atoms with Crippen LogP contribution in [0.3, 0.4) is 0 Å². The van der Waals surface area contributed by atoms with Crippen molar-refractivity contribution in [2.75, 3.05) is 0 Å². The highest BCUT2D eigenvalue weighted by atomic mass is 19.4. The molecule has 0 radical (unpaired) electrons. The Balaban J connectivity index is 1.71. The van der Waals surface area contributed by atoms with E-state index in [9.17, 15) is 18.3 Å². The summed E-state index contributed by atoms with van der Waals surface area (Å²) < 4.78 is 37.4. The molecule has 1 aliphatic rings. The topological polar surface area (TPSA) is 33.1 Å². The standard InChI is InChI=1S/C16H14F3NO/c17-16(18,19)11-6-7-14(20-9-11)15(21)13-8-12(13)10-4-2-1-3-5-10/h1-7,9,12-13,15,21H,8H2. The summed E-state index contributed by atoms with van der Waals surface area (Å²) in [5.74, 6) is 0.280. The smallest absolute Gasteiger partial charge is 0.386 e. The average molecular weight is 293 g/mol. The summed E-state index contributed by atoms with van der Waals surface area (Å²) in [7, 11) is 0. The fourth-order valence-electron chi connectivity index (χ4n) is 2.61. The van der Waals surface area contributed by atoms with Crippen molar-refractivity contribution in [3.8, 4) is 0 Å². The number of benzene rings is 1. The van der Waals surface area contributed by atoms with E-state index in [1.54, 1.807) is 0 Å². The zero-order valence-electron chi connectivity index (χ0n) is 11.1. The van der Waals surface area contributed by atoms with Gasteiger partial charge < -0.3 is 5.11 Å². The fourth-order valence-corrected chi connectivity index (χ4v) is 2.61. The van der Waals surface area contributed by atoms with E-state index in [1.807, 2.05) is 30.3 Å². The maximum Gasteiger partial charge on any atom is 0.417 e. The van der Waals surface area contributed by atoms with Crippen LogP contribution in [-0.4, -0.2) is 10.1 Å². The van der Waals surface area contributed by atoms with Crippen molar-refractivity contribution < 1.29 is 18.3 Å². The number of pyridine rings is 1. The molecule has 0 aliphatic heterocycles. The van der Waals surface area contributed by atoms with Gasteiger partial charge in [-0.2, -0.15) is 13.2 Å². The Morgan fingerprint density at radius 2 is 1.81 bits per heavy atom. The van der Waals surface area contributed by atoms with Gasteiger partial charge in [-0.1, -0.05) is 30.3 Å². The zero-order chi connectivity index (χ0) is 15.0. The highest BCUT2D eigenvalue weighted by Crippen LogP contribution is 2.53. The summed E-state index contributed by atoms with van der Waals surface area (Å²) in [4.78, 5) is 3.76. The van der Waals surface area contributed by atoms with Gasteiger partial charge in [-0.15, -0.1) is 0 Å². The lowest BCUT2D eigenvalue weighted by molar-refractivity contribution is -0.137. The molecule has 0 amide bonds. The first kappa shape index (κ1) is 14.1. The zero-order valence-corrected chi connectivity index (χ0v) is 11.1. The Bertz CT molecular complexity index is 610. The molecule has 1 aromatic heterocycles. The summed E-state index contributed by atoms with van der Waals surface area (Å²) in [6.45, 7) is 0. The van der Waals surface area contributed by atoms with Crippen LogP contribution in [0.25, 0.3) is 0 Å². The van der Waals surface area contributed by atoms with E-state index in [-0.39, 0.29) is 11.8 Å². The van der Waals surface area contributed by atoms with E-state index in [1.165, 1.54) is 6.07 Å². The van der Waals surface area contributed by atoms with Crippen molar-refractivity contribution in [2.24, 2.45) is 5.92 Å². The van der Waals surface area contributed by atoms with E-state index in [2.05, 4.69) is 4.98 Å². The van der Waals surface area contributed by atoms with Crippen molar-refractivity contribution in [3.05, 3.63) is 65.5 Å². The summed E-state index contributed by atoms with van der Waals surface area (Å²) >= 11 is 0. The minimum absolute atomic E-state index is 0.0247. The maximum absolute atomic E-state index is 12.5. The SMILES string of the molecule is OC(c1ccc(C(F)(F)F)cn1)C1CC1c1ccccc1. The van der Waals surface area contributed by atoms with Gasteiger partial charge in [0.25, 0.3) is 0 Å². The third-order valence-electron chi connectivity index (χ3n) is 3.89.